The standard InChI is InChI=1S/C26H33N3O5S/c1-20(26(30)27-13-15-28(16-14-27)35(31,32)22-7-3-2-4-8-22)29-12-5-9-23(29)21-10-11-24-25(19-21)34-18-6-17-33-24/h2-4,7-8,10-11,19-20,23H,5-6,9,12-18H2,1H3/t20-,23-/m1/s1. The van der Waals surface area contributed by atoms with Gasteiger partial charge in [-0.1, -0.05) is 24.3 Å². The Morgan fingerprint density at radius 1 is 0.914 bits per heavy atom. The van der Waals surface area contributed by atoms with E-state index < -0.39 is 10.0 Å². The van der Waals surface area contributed by atoms with E-state index in [1.165, 1.54) is 4.31 Å². The van der Waals surface area contributed by atoms with Crippen LogP contribution in [-0.4, -0.2) is 80.4 Å². The predicted octanol–water partition coefficient (Wildman–Crippen LogP) is 2.91. The highest BCUT2D eigenvalue weighted by molar-refractivity contribution is 7.89. The minimum Gasteiger partial charge on any atom is -0.490 e. The molecule has 2 aromatic carbocycles. The van der Waals surface area contributed by atoms with Gasteiger partial charge in [-0.05, 0) is 56.1 Å². The van der Waals surface area contributed by atoms with E-state index in [0.717, 1.165) is 42.9 Å². The minimum atomic E-state index is -3.54. The van der Waals surface area contributed by atoms with Gasteiger partial charge < -0.3 is 14.4 Å². The fraction of sp³-hybridized carbons (Fsp3) is 0.500. The molecule has 3 aliphatic heterocycles. The van der Waals surface area contributed by atoms with Crippen molar-refractivity contribution in [3.63, 3.8) is 0 Å². The molecule has 2 saturated heterocycles. The first-order chi connectivity index (χ1) is 16.9. The Bertz CT molecular complexity index is 1150. The Morgan fingerprint density at radius 3 is 2.37 bits per heavy atom. The Labute approximate surface area is 207 Å². The summed E-state index contributed by atoms with van der Waals surface area (Å²) in [6.07, 6.45) is 2.88. The predicted molar refractivity (Wildman–Crippen MR) is 132 cm³/mol. The smallest absolute Gasteiger partial charge is 0.243 e. The van der Waals surface area contributed by atoms with Gasteiger partial charge in [-0.2, -0.15) is 4.31 Å². The SMILES string of the molecule is C[C@H](C(=O)N1CCN(S(=O)(=O)c2ccccc2)CC1)N1CCC[C@@H]1c1ccc2c(c1)OCCCO2. The molecule has 35 heavy (non-hydrogen) atoms. The Balaban J connectivity index is 1.24. The highest BCUT2D eigenvalue weighted by atomic mass is 32.2. The first-order valence-corrected chi connectivity index (χ1v) is 13.9. The Kier molecular flexibility index (Phi) is 7.00. The van der Waals surface area contributed by atoms with Crippen molar-refractivity contribution in [2.45, 2.75) is 43.2 Å². The van der Waals surface area contributed by atoms with Crippen molar-refractivity contribution in [3.8, 4) is 11.5 Å². The monoisotopic (exact) mass is 499 g/mol. The lowest BCUT2D eigenvalue weighted by molar-refractivity contribution is -0.138. The molecule has 0 spiro atoms. The summed E-state index contributed by atoms with van der Waals surface area (Å²) in [5, 5.41) is 0. The molecular weight excluding hydrogens is 466 g/mol. The zero-order chi connectivity index (χ0) is 24.4. The van der Waals surface area contributed by atoms with Crippen molar-refractivity contribution in [2.24, 2.45) is 0 Å². The number of sulfonamides is 1. The summed E-state index contributed by atoms with van der Waals surface area (Å²) in [5.41, 5.74) is 1.14. The lowest BCUT2D eigenvalue weighted by atomic mass is 10.0. The van der Waals surface area contributed by atoms with Gasteiger partial charge >= 0.3 is 0 Å². The number of likely N-dealkylation sites (tertiary alicyclic amines) is 1. The van der Waals surface area contributed by atoms with Crippen molar-refractivity contribution >= 4 is 15.9 Å². The number of carbonyl (C=O) groups is 1. The molecule has 0 radical (unpaired) electrons. The fourth-order valence-corrected chi connectivity index (χ4v) is 6.74. The second-order valence-electron chi connectivity index (χ2n) is 9.37. The van der Waals surface area contributed by atoms with Crippen LogP contribution in [0.4, 0.5) is 0 Å². The Morgan fingerprint density at radius 2 is 1.63 bits per heavy atom. The normalized spacial score (nSPS) is 22.5. The number of hydrogen-bond donors (Lipinski definition) is 0. The lowest BCUT2D eigenvalue weighted by Crippen LogP contribution is -2.55. The van der Waals surface area contributed by atoms with Gasteiger partial charge in [0.25, 0.3) is 0 Å². The molecule has 0 unspecified atom stereocenters. The molecule has 2 aromatic rings. The quantitative estimate of drug-likeness (QED) is 0.630. The maximum Gasteiger partial charge on any atom is 0.243 e. The minimum absolute atomic E-state index is 0.0583. The second kappa shape index (κ2) is 10.2. The van der Waals surface area contributed by atoms with Crippen molar-refractivity contribution in [1.29, 1.82) is 0 Å². The number of amides is 1. The van der Waals surface area contributed by atoms with E-state index >= 15 is 0 Å². The van der Waals surface area contributed by atoms with E-state index in [2.05, 4.69) is 17.0 Å². The van der Waals surface area contributed by atoms with Gasteiger partial charge in [-0.25, -0.2) is 8.42 Å². The molecule has 8 nitrogen and oxygen atoms in total. The Hall–Kier alpha value is -2.62. The fourth-order valence-electron chi connectivity index (χ4n) is 5.29. The summed E-state index contributed by atoms with van der Waals surface area (Å²) in [7, 11) is -3.54. The maximum absolute atomic E-state index is 13.4. The molecule has 1 amide bonds. The average Bonchev–Trinajstić information content (AvgIpc) is 3.27. The van der Waals surface area contributed by atoms with Crippen LogP contribution in [0.3, 0.4) is 0 Å². The van der Waals surface area contributed by atoms with Crippen LogP contribution in [0, 0.1) is 0 Å². The summed E-state index contributed by atoms with van der Waals surface area (Å²) in [4.78, 5) is 17.8. The van der Waals surface area contributed by atoms with Gasteiger partial charge in [0.05, 0.1) is 24.2 Å². The van der Waals surface area contributed by atoms with E-state index in [0.29, 0.717) is 44.3 Å². The molecule has 9 heteroatoms. The van der Waals surface area contributed by atoms with Gasteiger partial charge in [0.15, 0.2) is 11.5 Å². The van der Waals surface area contributed by atoms with Crippen molar-refractivity contribution < 1.29 is 22.7 Å². The largest absolute Gasteiger partial charge is 0.490 e. The molecule has 0 aliphatic carbocycles. The zero-order valence-corrected chi connectivity index (χ0v) is 21.0. The molecule has 5 rings (SSSR count). The van der Waals surface area contributed by atoms with Crippen LogP contribution in [0.1, 0.15) is 37.8 Å². The molecule has 2 atom stereocenters. The summed E-state index contributed by atoms with van der Waals surface area (Å²) in [5.74, 6) is 1.62. The molecule has 0 aromatic heterocycles. The zero-order valence-electron chi connectivity index (χ0n) is 20.1. The first-order valence-electron chi connectivity index (χ1n) is 12.4. The molecule has 188 valence electrons. The topological polar surface area (TPSA) is 79.4 Å². The summed E-state index contributed by atoms with van der Waals surface area (Å²) in [6, 6.07) is 14.5. The van der Waals surface area contributed by atoms with Gasteiger partial charge in [0.1, 0.15) is 0 Å². The molecule has 0 N–H and O–H groups in total. The van der Waals surface area contributed by atoms with Crippen LogP contribution in [0.5, 0.6) is 11.5 Å². The molecule has 2 fully saturated rings. The number of carbonyl (C=O) groups excluding carboxylic acids is 1. The number of nitrogens with zero attached hydrogens (tertiary/aromatic N) is 3. The summed E-state index contributed by atoms with van der Waals surface area (Å²) >= 11 is 0. The van der Waals surface area contributed by atoms with E-state index in [9.17, 15) is 13.2 Å². The van der Waals surface area contributed by atoms with Crippen LogP contribution in [0.25, 0.3) is 0 Å². The van der Waals surface area contributed by atoms with Crippen molar-refractivity contribution in [1.82, 2.24) is 14.1 Å². The highest BCUT2D eigenvalue weighted by Gasteiger charge is 2.37. The van der Waals surface area contributed by atoms with Crippen LogP contribution in [0.15, 0.2) is 53.4 Å². The summed E-state index contributed by atoms with van der Waals surface area (Å²) < 4.78 is 39.0. The third kappa shape index (κ3) is 4.90. The molecule has 3 aliphatic rings. The van der Waals surface area contributed by atoms with Crippen molar-refractivity contribution in [2.75, 3.05) is 45.9 Å². The number of rotatable bonds is 5. The van der Waals surface area contributed by atoms with E-state index in [-0.39, 0.29) is 18.0 Å². The number of piperazine rings is 1. The highest BCUT2D eigenvalue weighted by Crippen LogP contribution is 2.39. The maximum atomic E-state index is 13.4. The number of benzene rings is 2. The second-order valence-corrected chi connectivity index (χ2v) is 11.3. The molecule has 3 heterocycles. The van der Waals surface area contributed by atoms with Crippen LogP contribution in [0.2, 0.25) is 0 Å². The van der Waals surface area contributed by atoms with Gasteiger partial charge in [0.2, 0.25) is 15.9 Å². The number of fused-ring (bicyclic) bond motifs is 1. The van der Waals surface area contributed by atoms with E-state index in [4.69, 9.17) is 9.47 Å². The van der Waals surface area contributed by atoms with Crippen LogP contribution < -0.4 is 9.47 Å². The number of ether oxygens (including phenoxy) is 2. The average molecular weight is 500 g/mol. The third-order valence-corrected chi connectivity index (χ3v) is 9.15. The van der Waals surface area contributed by atoms with E-state index in [1.54, 1.807) is 30.3 Å². The third-order valence-electron chi connectivity index (χ3n) is 7.24. The van der Waals surface area contributed by atoms with Crippen molar-refractivity contribution in [3.05, 3.63) is 54.1 Å². The van der Waals surface area contributed by atoms with Gasteiger partial charge in [0, 0.05) is 38.6 Å². The first kappa shape index (κ1) is 24.1. The molecule has 0 saturated carbocycles. The van der Waals surface area contributed by atoms with Crippen LogP contribution >= 0.6 is 0 Å². The van der Waals surface area contributed by atoms with E-state index in [1.807, 2.05) is 17.9 Å². The lowest BCUT2D eigenvalue weighted by Gasteiger charge is -2.38. The van der Waals surface area contributed by atoms with Crippen LogP contribution in [-0.2, 0) is 14.8 Å². The number of hydrogen-bond acceptors (Lipinski definition) is 6. The summed E-state index contributed by atoms with van der Waals surface area (Å²) in [6.45, 7) is 5.54. The molecular formula is C26H33N3O5S. The van der Waals surface area contributed by atoms with Gasteiger partial charge in [-0.15, -0.1) is 0 Å². The van der Waals surface area contributed by atoms with Gasteiger partial charge in [-0.3, -0.25) is 9.69 Å². The molecule has 0 bridgehead atoms.